The number of ether oxygens (including phenoxy) is 2. The van der Waals surface area contributed by atoms with Crippen molar-refractivity contribution in [2.75, 3.05) is 32.6 Å². The topological polar surface area (TPSA) is 109 Å². The van der Waals surface area contributed by atoms with Crippen LogP contribution in [-0.4, -0.2) is 62.1 Å². The first-order chi connectivity index (χ1) is 16.8. The Balaban J connectivity index is 1.56. The molecule has 3 N–H and O–H groups in total. The molecule has 35 heavy (non-hydrogen) atoms. The quantitative estimate of drug-likeness (QED) is 0.513. The Morgan fingerprint density at radius 3 is 2.34 bits per heavy atom. The van der Waals surface area contributed by atoms with E-state index in [2.05, 4.69) is 16.0 Å². The fourth-order valence-corrected chi connectivity index (χ4v) is 4.09. The molecule has 1 aliphatic rings. The van der Waals surface area contributed by atoms with Gasteiger partial charge in [0.2, 0.25) is 11.8 Å². The molecule has 1 saturated heterocycles. The highest BCUT2D eigenvalue weighted by Gasteiger charge is 2.28. The fraction of sp³-hybridized carbons (Fsp3) is 0.400. The maximum Gasteiger partial charge on any atom is 0.321 e. The van der Waals surface area contributed by atoms with Crippen LogP contribution in [0, 0.1) is 0 Å². The van der Waals surface area contributed by atoms with Gasteiger partial charge in [0.05, 0.1) is 14.2 Å². The highest BCUT2D eigenvalue weighted by molar-refractivity contribution is 6.30. The molecule has 2 aromatic rings. The summed E-state index contributed by atoms with van der Waals surface area (Å²) in [6.07, 6.45) is 1.48. The molecule has 0 radical (unpaired) electrons. The molecule has 0 bridgehead atoms. The summed E-state index contributed by atoms with van der Waals surface area (Å²) in [6.45, 7) is 2.38. The molecule has 4 amide bonds. The lowest BCUT2D eigenvalue weighted by molar-refractivity contribution is -0.128. The van der Waals surface area contributed by atoms with E-state index in [1.807, 2.05) is 6.07 Å². The number of amides is 4. The van der Waals surface area contributed by atoms with Crippen LogP contribution in [0.5, 0.6) is 11.5 Å². The summed E-state index contributed by atoms with van der Waals surface area (Å²) in [4.78, 5) is 39.1. The molecule has 1 fully saturated rings. The molecule has 188 valence electrons. The van der Waals surface area contributed by atoms with E-state index in [-0.39, 0.29) is 30.3 Å². The number of likely N-dealkylation sites (tertiary alicyclic amines) is 1. The van der Waals surface area contributed by atoms with Crippen LogP contribution in [0.25, 0.3) is 0 Å². The molecule has 0 saturated carbocycles. The van der Waals surface area contributed by atoms with E-state index < -0.39 is 6.04 Å². The second-order valence-electron chi connectivity index (χ2n) is 8.34. The van der Waals surface area contributed by atoms with Crippen molar-refractivity contribution < 1.29 is 23.9 Å². The number of hydrogen-bond acceptors (Lipinski definition) is 5. The third kappa shape index (κ3) is 7.51. The zero-order valence-corrected chi connectivity index (χ0v) is 20.9. The molecule has 3 rings (SSSR count). The van der Waals surface area contributed by atoms with Gasteiger partial charge in [-0.2, -0.15) is 0 Å². The van der Waals surface area contributed by atoms with E-state index in [1.54, 1.807) is 55.5 Å². The fourth-order valence-electron chi connectivity index (χ4n) is 3.96. The van der Waals surface area contributed by atoms with Gasteiger partial charge in [-0.1, -0.05) is 17.7 Å². The van der Waals surface area contributed by atoms with Crippen molar-refractivity contribution in [2.24, 2.45) is 0 Å². The van der Waals surface area contributed by atoms with Gasteiger partial charge in [-0.25, -0.2) is 4.79 Å². The van der Waals surface area contributed by atoms with Gasteiger partial charge in [0.1, 0.15) is 17.5 Å². The molecule has 1 aliphatic heterocycles. The van der Waals surface area contributed by atoms with Crippen molar-refractivity contribution >= 4 is 35.1 Å². The molecule has 1 unspecified atom stereocenters. The number of rotatable bonds is 8. The van der Waals surface area contributed by atoms with Crippen LogP contribution in [0.4, 0.5) is 10.5 Å². The van der Waals surface area contributed by atoms with Crippen molar-refractivity contribution in [2.45, 2.75) is 38.3 Å². The third-order valence-electron chi connectivity index (χ3n) is 5.84. The minimum absolute atomic E-state index is 0.101. The van der Waals surface area contributed by atoms with Crippen molar-refractivity contribution in [3.8, 4) is 11.5 Å². The second-order valence-corrected chi connectivity index (χ2v) is 8.78. The number of carbonyl (C=O) groups excluding carboxylic acids is 3. The first-order valence-electron chi connectivity index (χ1n) is 11.4. The van der Waals surface area contributed by atoms with Gasteiger partial charge in [-0.15, -0.1) is 0 Å². The number of benzene rings is 2. The lowest BCUT2D eigenvalue weighted by atomic mass is 10.0. The summed E-state index contributed by atoms with van der Waals surface area (Å²) in [7, 11) is 3.11. The van der Waals surface area contributed by atoms with E-state index in [9.17, 15) is 14.4 Å². The molecule has 10 heteroatoms. The number of nitrogens with zero attached hydrogens (tertiary/aromatic N) is 1. The minimum atomic E-state index is -0.763. The lowest BCUT2D eigenvalue weighted by Crippen LogP contribution is -2.53. The van der Waals surface area contributed by atoms with E-state index in [0.717, 1.165) is 5.56 Å². The van der Waals surface area contributed by atoms with Crippen LogP contribution in [0.1, 0.15) is 25.3 Å². The number of hydrogen-bond donors (Lipinski definition) is 3. The summed E-state index contributed by atoms with van der Waals surface area (Å²) >= 11 is 5.89. The molecule has 2 aromatic carbocycles. The molecule has 9 nitrogen and oxygen atoms in total. The summed E-state index contributed by atoms with van der Waals surface area (Å²) in [6, 6.07) is 11.2. The molecular weight excluding hydrogens is 472 g/mol. The van der Waals surface area contributed by atoms with Crippen LogP contribution in [0.2, 0.25) is 5.02 Å². The molecule has 1 atom stereocenters. The molecule has 0 aliphatic carbocycles. The van der Waals surface area contributed by atoms with Crippen LogP contribution in [-0.2, 0) is 16.0 Å². The van der Waals surface area contributed by atoms with Crippen LogP contribution in [0.3, 0.4) is 0 Å². The summed E-state index contributed by atoms with van der Waals surface area (Å²) in [5.74, 6) is 0.638. The molecule has 0 aromatic heterocycles. The Hall–Kier alpha value is -3.46. The molecular formula is C25H31ClN4O5. The van der Waals surface area contributed by atoms with E-state index >= 15 is 0 Å². The van der Waals surface area contributed by atoms with Gasteiger partial charge in [-0.3, -0.25) is 9.59 Å². The summed E-state index contributed by atoms with van der Waals surface area (Å²) in [5, 5.41) is 9.21. The summed E-state index contributed by atoms with van der Waals surface area (Å²) < 4.78 is 10.7. The first kappa shape index (κ1) is 26.2. The van der Waals surface area contributed by atoms with Crippen molar-refractivity contribution in [1.29, 1.82) is 0 Å². The first-order valence-corrected chi connectivity index (χ1v) is 11.8. The number of methoxy groups -OCH3 is 2. The van der Waals surface area contributed by atoms with Crippen molar-refractivity contribution in [3.63, 3.8) is 0 Å². The van der Waals surface area contributed by atoms with Crippen molar-refractivity contribution in [1.82, 2.24) is 15.5 Å². The Morgan fingerprint density at radius 2 is 1.74 bits per heavy atom. The predicted molar refractivity (Wildman–Crippen MR) is 134 cm³/mol. The largest absolute Gasteiger partial charge is 0.497 e. The summed E-state index contributed by atoms with van der Waals surface area (Å²) in [5.41, 5.74) is 1.44. The van der Waals surface area contributed by atoms with Gasteiger partial charge < -0.3 is 30.3 Å². The number of anilines is 1. The average Bonchev–Trinajstić information content (AvgIpc) is 2.85. The molecule has 1 heterocycles. The Labute approximate surface area is 210 Å². The lowest BCUT2D eigenvalue weighted by Gasteiger charge is -2.33. The number of piperidine rings is 1. The number of nitrogens with one attached hydrogen (secondary N) is 3. The zero-order valence-electron chi connectivity index (χ0n) is 20.1. The number of halogens is 1. The normalized spacial score (nSPS) is 14.6. The van der Waals surface area contributed by atoms with Crippen LogP contribution < -0.4 is 25.4 Å². The average molecular weight is 503 g/mol. The number of urea groups is 1. The Morgan fingerprint density at radius 1 is 1.06 bits per heavy atom. The SMILES string of the molecule is COc1ccc(CC(NC(C)=O)C(=O)NC2CCN(C(=O)Nc3ccc(Cl)cc3)CC2)c(OC)c1. The van der Waals surface area contributed by atoms with Gasteiger partial charge in [-0.05, 0) is 48.7 Å². The van der Waals surface area contributed by atoms with Gasteiger partial charge in [0.15, 0.2) is 0 Å². The van der Waals surface area contributed by atoms with Crippen LogP contribution in [0.15, 0.2) is 42.5 Å². The van der Waals surface area contributed by atoms with Crippen LogP contribution >= 0.6 is 11.6 Å². The Bertz CT molecular complexity index is 1040. The van der Waals surface area contributed by atoms with Gasteiger partial charge in [0.25, 0.3) is 0 Å². The van der Waals surface area contributed by atoms with E-state index in [1.165, 1.54) is 6.92 Å². The Kier molecular flexibility index (Phi) is 9.19. The maximum atomic E-state index is 13.1. The van der Waals surface area contributed by atoms with E-state index in [4.69, 9.17) is 21.1 Å². The standard InChI is InChI=1S/C25H31ClN4O5/c1-16(31)27-22(14-17-4-9-21(34-2)15-23(17)35-3)24(32)28-20-10-12-30(13-11-20)25(33)29-19-7-5-18(26)6-8-19/h4-9,15,20,22H,10-14H2,1-3H3,(H,27,31)(H,28,32)(H,29,33). The predicted octanol–water partition coefficient (Wildman–Crippen LogP) is 3.22. The van der Waals surface area contributed by atoms with Gasteiger partial charge in [0, 0.05) is 49.3 Å². The van der Waals surface area contributed by atoms with Crippen molar-refractivity contribution in [3.05, 3.63) is 53.1 Å². The smallest absolute Gasteiger partial charge is 0.321 e. The molecule has 0 spiro atoms. The second kappa shape index (κ2) is 12.3. The van der Waals surface area contributed by atoms with Gasteiger partial charge >= 0.3 is 6.03 Å². The zero-order chi connectivity index (χ0) is 25.4. The highest BCUT2D eigenvalue weighted by Crippen LogP contribution is 2.26. The number of carbonyl (C=O) groups is 3. The monoisotopic (exact) mass is 502 g/mol. The van der Waals surface area contributed by atoms with E-state index in [0.29, 0.717) is 48.1 Å². The minimum Gasteiger partial charge on any atom is -0.497 e. The maximum absolute atomic E-state index is 13.1. The highest BCUT2D eigenvalue weighted by atomic mass is 35.5. The third-order valence-corrected chi connectivity index (χ3v) is 6.09.